The molecule has 0 aliphatic rings. The lowest BCUT2D eigenvalue weighted by Crippen LogP contribution is -2.23. The summed E-state index contributed by atoms with van der Waals surface area (Å²) in [6.07, 6.45) is 5.75. The minimum absolute atomic E-state index is 0.0745. The third kappa shape index (κ3) is 4.60. The lowest BCUT2D eigenvalue weighted by molar-refractivity contribution is -0.121. The minimum Gasteiger partial charge on any atom is -0.350 e. The van der Waals surface area contributed by atoms with Crippen molar-refractivity contribution in [1.82, 2.24) is 25.3 Å². The van der Waals surface area contributed by atoms with Crippen molar-refractivity contribution in [2.45, 2.75) is 19.4 Å². The summed E-state index contributed by atoms with van der Waals surface area (Å²) in [5.74, 6) is -0.624. The van der Waals surface area contributed by atoms with Crippen LogP contribution in [0.3, 0.4) is 0 Å². The van der Waals surface area contributed by atoms with Crippen LogP contribution in [-0.2, 0) is 17.8 Å². The van der Waals surface area contributed by atoms with Gasteiger partial charge in [0.15, 0.2) is 0 Å². The molecule has 0 aliphatic carbocycles. The number of pyridine rings is 1. The second kappa shape index (κ2) is 7.85. The molecule has 0 atom stereocenters. The molecular formula is C17H15ClFN5O. The van der Waals surface area contributed by atoms with Gasteiger partial charge in [0.05, 0.1) is 23.5 Å². The monoisotopic (exact) mass is 359 g/mol. The number of aromatic nitrogens is 4. The largest absolute Gasteiger partial charge is 0.350 e. The predicted octanol–water partition coefficient (Wildman–Crippen LogP) is 2.70. The van der Waals surface area contributed by atoms with Crippen molar-refractivity contribution in [2.75, 3.05) is 0 Å². The van der Waals surface area contributed by atoms with Crippen LogP contribution in [0.15, 0.2) is 48.9 Å². The number of nitrogens with one attached hydrogen (secondary N) is 1. The van der Waals surface area contributed by atoms with E-state index < -0.39 is 5.82 Å². The molecule has 0 unspecified atom stereocenters. The SMILES string of the molecule is O=C(CCc1ccc(Cl)c(F)c1)NCc1cn(-c2ccncc2)nn1. The van der Waals surface area contributed by atoms with Crippen LogP contribution in [0.5, 0.6) is 0 Å². The topological polar surface area (TPSA) is 72.7 Å². The number of carbonyl (C=O) groups excluding carboxylic acids is 1. The second-order valence-corrected chi connectivity index (χ2v) is 5.79. The Labute approximate surface area is 148 Å². The predicted molar refractivity (Wildman–Crippen MR) is 90.7 cm³/mol. The number of benzene rings is 1. The number of amides is 1. The van der Waals surface area contributed by atoms with Gasteiger partial charge in [-0.2, -0.15) is 0 Å². The number of aryl methyl sites for hydroxylation is 1. The van der Waals surface area contributed by atoms with E-state index in [-0.39, 0.29) is 23.9 Å². The van der Waals surface area contributed by atoms with Crippen molar-refractivity contribution in [3.8, 4) is 5.69 Å². The summed E-state index contributed by atoms with van der Waals surface area (Å²) in [4.78, 5) is 15.9. The van der Waals surface area contributed by atoms with Gasteiger partial charge in [0, 0.05) is 18.8 Å². The van der Waals surface area contributed by atoms with Crippen molar-refractivity contribution < 1.29 is 9.18 Å². The van der Waals surface area contributed by atoms with Crippen molar-refractivity contribution in [3.05, 3.63) is 71.0 Å². The molecule has 0 saturated heterocycles. The fraction of sp³-hybridized carbons (Fsp3) is 0.176. The Hall–Kier alpha value is -2.80. The average molecular weight is 360 g/mol. The van der Waals surface area contributed by atoms with Crippen LogP contribution in [0, 0.1) is 5.82 Å². The summed E-state index contributed by atoms with van der Waals surface area (Å²) in [6.45, 7) is 0.277. The lowest BCUT2D eigenvalue weighted by Gasteiger charge is -2.04. The van der Waals surface area contributed by atoms with Crippen molar-refractivity contribution >= 4 is 17.5 Å². The third-order valence-corrected chi connectivity index (χ3v) is 3.87. The molecule has 1 amide bonds. The van der Waals surface area contributed by atoms with Crippen LogP contribution >= 0.6 is 11.6 Å². The fourth-order valence-electron chi connectivity index (χ4n) is 2.23. The van der Waals surface area contributed by atoms with E-state index in [9.17, 15) is 9.18 Å². The molecule has 128 valence electrons. The van der Waals surface area contributed by atoms with Crippen molar-refractivity contribution in [1.29, 1.82) is 0 Å². The Balaban J connectivity index is 1.49. The van der Waals surface area contributed by atoms with Crippen LogP contribution in [0.4, 0.5) is 4.39 Å². The van der Waals surface area contributed by atoms with Crippen molar-refractivity contribution in [3.63, 3.8) is 0 Å². The van der Waals surface area contributed by atoms with Crippen LogP contribution in [0.2, 0.25) is 5.02 Å². The highest BCUT2D eigenvalue weighted by molar-refractivity contribution is 6.30. The Kier molecular flexibility index (Phi) is 5.35. The van der Waals surface area contributed by atoms with Crippen molar-refractivity contribution in [2.24, 2.45) is 0 Å². The average Bonchev–Trinajstić information content (AvgIpc) is 3.11. The Morgan fingerprint density at radius 3 is 2.80 bits per heavy atom. The maximum Gasteiger partial charge on any atom is 0.220 e. The third-order valence-electron chi connectivity index (χ3n) is 3.56. The maximum atomic E-state index is 13.4. The molecule has 8 heteroatoms. The van der Waals surface area contributed by atoms with Crippen LogP contribution < -0.4 is 5.32 Å². The molecular weight excluding hydrogens is 345 g/mol. The van der Waals surface area contributed by atoms with Gasteiger partial charge in [0.1, 0.15) is 11.5 Å². The van der Waals surface area contributed by atoms with E-state index in [0.717, 1.165) is 11.3 Å². The summed E-state index contributed by atoms with van der Waals surface area (Å²) in [6, 6.07) is 8.15. The first-order chi connectivity index (χ1) is 12.1. The lowest BCUT2D eigenvalue weighted by atomic mass is 10.1. The molecule has 0 fully saturated rings. The maximum absolute atomic E-state index is 13.4. The van der Waals surface area contributed by atoms with E-state index in [1.165, 1.54) is 12.1 Å². The van der Waals surface area contributed by atoms with Gasteiger partial charge in [-0.15, -0.1) is 5.10 Å². The van der Waals surface area contributed by atoms with E-state index in [1.54, 1.807) is 29.3 Å². The van der Waals surface area contributed by atoms with Gasteiger partial charge in [0.2, 0.25) is 5.91 Å². The van der Waals surface area contributed by atoms with Gasteiger partial charge >= 0.3 is 0 Å². The van der Waals surface area contributed by atoms with E-state index in [4.69, 9.17) is 11.6 Å². The summed E-state index contributed by atoms with van der Waals surface area (Å²) < 4.78 is 15.0. The first-order valence-corrected chi connectivity index (χ1v) is 8.02. The minimum atomic E-state index is -0.479. The van der Waals surface area contributed by atoms with Crippen LogP contribution in [0.1, 0.15) is 17.7 Å². The highest BCUT2D eigenvalue weighted by Crippen LogP contribution is 2.16. The molecule has 0 saturated carbocycles. The first-order valence-electron chi connectivity index (χ1n) is 7.64. The molecule has 0 spiro atoms. The fourth-order valence-corrected chi connectivity index (χ4v) is 2.35. The zero-order chi connectivity index (χ0) is 17.6. The standard InChI is InChI=1S/C17H15ClFN5O/c18-15-3-1-12(9-16(15)19)2-4-17(25)21-10-13-11-24(23-22-13)14-5-7-20-8-6-14/h1,3,5-9,11H,2,4,10H2,(H,21,25). The molecule has 25 heavy (non-hydrogen) atoms. The van der Waals surface area contributed by atoms with Crippen LogP contribution in [0.25, 0.3) is 5.69 Å². The second-order valence-electron chi connectivity index (χ2n) is 5.39. The Bertz CT molecular complexity index is 868. The highest BCUT2D eigenvalue weighted by atomic mass is 35.5. The molecule has 0 radical (unpaired) electrons. The summed E-state index contributed by atoms with van der Waals surface area (Å²) in [5, 5.41) is 10.9. The van der Waals surface area contributed by atoms with Gasteiger partial charge in [-0.05, 0) is 36.2 Å². The molecule has 1 aromatic carbocycles. The number of hydrogen-bond donors (Lipinski definition) is 1. The molecule has 3 aromatic rings. The van der Waals surface area contributed by atoms with Crippen LogP contribution in [-0.4, -0.2) is 25.9 Å². The first kappa shape index (κ1) is 17.0. The molecule has 6 nitrogen and oxygen atoms in total. The molecule has 0 aliphatic heterocycles. The van der Waals surface area contributed by atoms with Gasteiger partial charge in [-0.25, -0.2) is 9.07 Å². The number of halogens is 2. The van der Waals surface area contributed by atoms with Gasteiger partial charge in [-0.3, -0.25) is 9.78 Å². The smallest absolute Gasteiger partial charge is 0.220 e. The Morgan fingerprint density at radius 1 is 1.24 bits per heavy atom. The molecule has 0 bridgehead atoms. The van der Waals surface area contributed by atoms with Gasteiger partial charge in [-0.1, -0.05) is 22.9 Å². The highest BCUT2D eigenvalue weighted by Gasteiger charge is 2.07. The Morgan fingerprint density at radius 2 is 2.04 bits per heavy atom. The molecule has 3 rings (SSSR count). The quantitative estimate of drug-likeness (QED) is 0.734. The summed E-state index contributed by atoms with van der Waals surface area (Å²) in [7, 11) is 0. The zero-order valence-electron chi connectivity index (χ0n) is 13.2. The van der Waals surface area contributed by atoms with Gasteiger partial charge in [0.25, 0.3) is 0 Å². The molecule has 2 aromatic heterocycles. The summed E-state index contributed by atoms with van der Waals surface area (Å²) >= 11 is 5.63. The summed E-state index contributed by atoms with van der Waals surface area (Å²) in [5.41, 5.74) is 2.20. The van der Waals surface area contributed by atoms with E-state index >= 15 is 0 Å². The number of carbonyl (C=O) groups is 1. The zero-order valence-corrected chi connectivity index (χ0v) is 13.9. The normalized spacial score (nSPS) is 10.6. The number of rotatable bonds is 6. The molecule has 2 heterocycles. The van der Waals surface area contributed by atoms with E-state index in [0.29, 0.717) is 12.1 Å². The van der Waals surface area contributed by atoms with E-state index in [1.807, 2.05) is 12.1 Å². The number of nitrogens with zero attached hydrogens (tertiary/aromatic N) is 4. The van der Waals surface area contributed by atoms with Gasteiger partial charge < -0.3 is 5.32 Å². The molecule has 1 N–H and O–H groups in total. The number of hydrogen-bond acceptors (Lipinski definition) is 4. The van der Waals surface area contributed by atoms with E-state index in [2.05, 4.69) is 20.6 Å².